The number of aliphatic imine (C=N–C) groups is 1. The van der Waals surface area contributed by atoms with Gasteiger partial charge in [0.05, 0.1) is 30.8 Å². The number of carbonyl (C=O) groups is 1. The van der Waals surface area contributed by atoms with Gasteiger partial charge in [0.15, 0.2) is 5.65 Å². The van der Waals surface area contributed by atoms with Crippen molar-refractivity contribution in [2.45, 2.75) is 84.6 Å². The van der Waals surface area contributed by atoms with Crippen LogP contribution in [-0.4, -0.2) is 53.7 Å². The van der Waals surface area contributed by atoms with Gasteiger partial charge in [-0.15, -0.1) is 10.2 Å². The lowest BCUT2D eigenvalue weighted by atomic mass is 9.85. The Hall–Kier alpha value is -4.95. The lowest BCUT2D eigenvalue weighted by Gasteiger charge is -2.33. The van der Waals surface area contributed by atoms with Crippen molar-refractivity contribution in [3.8, 4) is 5.75 Å². The number of rotatable bonds is 9. The van der Waals surface area contributed by atoms with Gasteiger partial charge >= 0.3 is 6.03 Å². The number of nitrogens with one attached hydrogen (secondary N) is 2. The summed E-state index contributed by atoms with van der Waals surface area (Å²) in [5.41, 5.74) is 10.4. The zero-order chi connectivity index (χ0) is 37.0. The average molecular weight is 729 g/mol. The Balaban J connectivity index is 1.19. The van der Waals surface area contributed by atoms with Gasteiger partial charge in [-0.05, 0) is 80.0 Å². The molecule has 14 heteroatoms. The lowest BCUT2D eigenvalue weighted by Crippen LogP contribution is -2.42. The summed E-state index contributed by atoms with van der Waals surface area (Å²) in [5, 5.41) is 14.9. The molecule has 3 atom stereocenters. The average Bonchev–Trinajstić information content (AvgIpc) is 3.51. The fourth-order valence-electron chi connectivity index (χ4n) is 6.51. The monoisotopic (exact) mass is 728 g/mol. The number of carbonyl (C=O) groups excluding carboxylic acids is 1. The predicted octanol–water partition coefficient (Wildman–Crippen LogP) is 6.46. The van der Waals surface area contributed by atoms with Crippen molar-refractivity contribution < 1.29 is 22.1 Å². The third-order valence-corrected chi connectivity index (χ3v) is 9.98. The second-order valence-electron chi connectivity index (χ2n) is 14.6. The van der Waals surface area contributed by atoms with E-state index in [1.54, 1.807) is 30.3 Å². The molecule has 276 valence electrons. The van der Waals surface area contributed by atoms with Crippen molar-refractivity contribution in [1.29, 1.82) is 0 Å². The van der Waals surface area contributed by atoms with Crippen molar-refractivity contribution in [1.82, 2.24) is 25.2 Å². The Morgan fingerprint density at radius 2 is 1.83 bits per heavy atom. The molecule has 1 aliphatic carbocycles. The molecule has 1 fully saturated rings. The van der Waals surface area contributed by atoms with Gasteiger partial charge in [0.2, 0.25) is 5.95 Å². The maximum atomic E-state index is 13.6. The number of ether oxygens (including phenoxy) is 1. The van der Waals surface area contributed by atoms with Crippen LogP contribution in [0.4, 0.5) is 16.4 Å². The summed E-state index contributed by atoms with van der Waals surface area (Å²) in [7, 11) is -3.62. The molecule has 2 amide bonds. The summed E-state index contributed by atoms with van der Waals surface area (Å²) >= 11 is 0. The molecule has 0 bridgehead atoms. The summed E-state index contributed by atoms with van der Waals surface area (Å²) in [5.74, 6) is 1.79. The summed E-state index contributed by atoms with van der Waals surface area (Å²) in [4.78, 5) is 20.6. The van der Waals surface area contributed by atoms with Crippen molar-refractivity contribution in [3.63, 3.8) is 0 Å². The Morgan fingerprint density at radius 1 is 1.04 bits per heavy atom. The Morgan fingerprint density at radius 3 is 2.58 bits per heavy atom. The smallest absolute Gasteiger partial charge is 0.320 e. The molecule has 52 heavy (non-hydrogen) atoms. The molecule has 1 aliphatic heterocycles. The molecule has 2 aromatic heterocycles. The van der Waals surface area contributed by atoms with Crippen molar-refractivity contribution in [2.75, 3.05) is 17.7 Å². The van der Waals surface area contributed by atoms with Gasteiger partial charge in [-0.1, -0.05) is 57.2 Å². The number of hydrogen-bond acceptors (Lipinski definition) is 10. The van der Waals surface area contributed by atoms with E-state index in [4.69, 9.17) is 14.7 Å². The fraction of sp³-hybridized carbons (Fsp3) is 0.421. The lowest BCUT2D eigenvalue weighted by molar-refractivity contribution is 0.171. The van der Waals surface area contributed by atoms with Gasteiger partial charge in [0, 0.05) is 29.8 Å². The highest BCUT2D eigenvalue weighted by Gasteiger charge is 2.30. The Bertz CT molecular complexity index is 2090. The van der Waals surface area contributed by atoms with E-state index in [-0.39, 0.29) is 30.0 Å². The zero-order valence-electron chi connectivity index (χ0n) is 30.4. The number of anilines is 1. The van der Waals surface area contributed by atoms with E-state index in [1.165, 1.54) is 6.42 Å². The number of nitrogens with zero attached hydrogens (tertiary/aromatic N) is 5. The first kappa shape index (κ1) is 36.8. The molecule has 3 heterocycles. The number of amides is 2. The number of aromatic nitrogens is 3. The largest absolute Gasteiger partial charge is 0.484 e. The molecule has 0 spiro atoms. The molecule has 6 rings (SSSR count). The van der Waals surface area contributed by atoms with Crippen LogP contribution >= 0.6 is 0 Å². The quantitative estimate of drug-likeness (QED) is 0.0997. The number of piperidine rings is 1. The first-order valence-corrected chi connectivity index (χ1v) is 19.5. The topological polar surface area (TPSA) is 166 Å². The van der Waals surface area contributed by atoms with Crippen LogP contribution in [0.3, 0.4) is 0 Å². The van der Waals surface area contributed by atoms with Crippen LogP contribution < -0.4 is 26.0 Å². The molecule has 2 aliphatic rings. The van der Waals surface area contributed by atoms with E-state index in [0.29, 0.717) is 35.8 Å². The number of fused-ring (bicyclic) bond motifs is 2. The van der Waals surface area contributed by atoms with Crippen molar-refractivity contribution in [3.05, 3.63) is 95.3 Å². The van der Waals surface area contributed by atoms with Gasteiger partial charge in [0.25, 0.3) is 10.1 Å². The van der Waals surface area contributed by atoms with Gasteiger partial charge in [-0.2, -0.15) is 8.42 Å². The fourth-order valence-corrected chi connectivity index (χ4v) is 6.86. The van der Waals surface area contributed by atoms with Gasteiger partial charge in [-0.3, -0.25) is 13.9 Å². The normalized spacial score (nSPS) is 20.0. The SMILES string of the molecule is C[C@H]1CCCCN1c1nnc2ccc(O[C@@H]3CC[C@H](NC(=O)NC(C=C(N)C(C)(C)C)=Nc4cccc(COS(C)(=O)=O)c4)c4ccccc43)cn12. The minimum Gasteiger partial charge on any atom is -0.484 e. The van der Waals surface area contributed by atoms with Crippen molar-refractivity contribution >= 4 is 39.3 Å². The summed E-state index contributed by atoms with van der Waals surface area (Å²) in [6.07, 6.45) is 9.21. The molecule has 1 saturated heterocycles. The molecule has 4 aromatic rings. The molecule has 2 aromatic carbocycles. The predicted molar refractivity (Wildman–Crippen MR) is 202 cm³/mol. The molecule has 13 nitrogen and oxygen atoms in total. The molecular formula is C38H48N8O5S. The van der Waals surface area contributed by atoms with Gasteiger partial charge < -0.3 is 20.7 Å². The van der Waals surface area contributed by atoms with Gasteiger partial charge in [-0.25, -0.2) is 9.79 Å². The van der Waals surface area contributed by atoms with E-state index in [9.17, 15) is 13.2 Å². The third-order valence-electron chi connectivity index (χ3n) is 9.44. The Labute approximate surface area is 305 Å². The highest BCUT2D eigenvalue weighted by atomic mass is 32.2. The Kier molecular flexibility index (Phi) is 10.9. The molecule has 0 saturated carbocycles. The molecule has 0 radical (unpaired) electrons. The number of hydrogen-bond donors (Lipinski definition) is 3. The van der Waals surface area contributed by atoms with Crippen LogP contribution in [0.25, 0.3) is 5.65 Å². The van der Waals surface area contributed by atoms with Crippen LogP contribution in [0.1, 0.15) is 88.6 Å². The molecular weight excluding hydrogens is 681 g/mol. The summed E-state index contributed by atoms with van der Waals surface area (Å²) in [6.45, 7) is 8.96. The number of nitrogens with two attached hydrogens (primary N) is 1. The molecule has 0 unspecified atom stereocenters. The van der Waals surface area contributed by atoms with E-state index in [0.717, 1.165) is 54.1 Å². The summed E-state index contributed by atoms with van der Waals surface area (Å²) < 4.78 is 36.6. The maximum Gasteiger partial charge on any atom is 0.320 e. The van der Waals surface area contributed by atoms with Crippen LogP contribution in [0, 0.1) is 5.41 Å². The van der Waals surface area contributed by atoms with Crippen LogP contribution in [0.5, 0.6) is 5.75 Å². The van der Waals surface area contributed by atoms with Crippen molar-refractivity contribution in [2.24, 2.45) is 16.1 Å². The van der Waals surface area contributed by atoms with E-state index >= 15 is 0 Å². The summed E-state index contributed by atoms with van der Waals surface area (Å²) in [6, 6.07) is 18.5. The number of benzene rings is 2. The number of pyridine rings is 1. The molecule has 4 N–H and O–H groups in total. The maximum absolute atomic E-state index is 13.6. The number of amidine groups is 1. The third kappa shape index (κ3) is 9.09. The first-order valence-electron chi connectivity index (χ1n) is 17.7. The first-order chi connectivity index (χ1) is 24.7. The standard InChI is InChI=1S/C38H48N8O5S/c1-25-11-8-9-20-45(25)37-44-43-35-19-16-28(23-46(35)37)51-32-18-17-31(29-14-6-7-15-30(29)32)41-36(47)42-34(22-33(39)38(2,3)4)40-27-13-10-12-26(21-27)24-50-52(5,48)49/h6-7,10,12-16,19,21-23,25,31-32H,8-9,11,17-18,20,24,39H2,1-5H3,(H2,40,41,42,47)/t25-,31-,32+/m0/s1. The minimum absolute atomic E-state index is 0.133. The number of urea groups is 1. The number of allylic oxidation sites excluding steroid dienone is 1. The van der Waals surface area contributed by atoms with E-state index < -0.39 is 16.1 Å². The van der Waals surface area contributed by atoms with Crippen LogP contribution in [0.2, 0.25) is 0 Å². The van der Waals surface area contributed by atoms with E-state index in [1.807, 2.05) is 67.8 Å². The second-order valence-corrected chi connectivity index (χ2v) is 16.2. The second kappa shape index (κ2) is 15.3. The van der Waals surface area contributed by atoms with Gasteiger partial charge in [0.1, 0.15) is 17.7 Å². The van der Waals surface area contributed by atoms with Crippen LogP contribution in [-0.2, 0) is 20.9 Å². The zero-order valence-corrected chi connectivity index (χ0v) is 31.2. The van der Waals surface area contributed by atoms with Crippen LogP contribution in [0.15, 0.2) is 83.6 Å². The highest BCUT2D eigenvalue weighted by molar-refractivity contribution is 7.85. The van der Waals surface area contributed by atoms with E-state index in [2.05, 4.69) is 37.6 Å². The highest BCUT2D eigenvalue weighted by Crippen LogP contribution is 2.39. The minimum atomic E-state index is -3.62.